The summed E-state index contributed by atoms with van der Waals surface area (Å²) in [5, 5.41) is 9.24. The Balaban J connectivity index is 2.81. The molecule has 1 unspecified atom stereocenters. The van der Waals surface area contributed by atoms with E-state index in [0.717, 1.165) is 11.8 Å². The number of likely N-dealkylation sites (N-methyl/N-ethyl adjacent to an activating group) is 1. The highest BCUT2D eigenvalue weighted by Gasteiger charge is 2.27. The normalized spacial score (nSPS) is 14.3. The Morgan fingerprint density at radius 1 is 0.931 bits per heavy atom. The van der Waals surface area contributed by atoms with Crippen LogP contribution in [0.15, 0.2) is 24.3 Å². The van der Waals surface area contributed by atoms with Gasteiger partial charge in [-0.2, -0.15) is 0 Å². The van der Waals surface area contributed by atoms with Gasteiger partial charge in [0.2, 0.25) is 11.8 Å². The Morgan fingerprint density at radius 3 is 1.93 bits per heavy atom. The molecule has 0 aliphatic rings. The van der Waals surface area contributed by atoms with Crippen molar-refractivity contribution in [2.75, 3.05) is 7.05 Å². The minimum atomic E-state index is -0.696. The number of nitrogens with one attached hydrogen (secondary N) is 3. The van der Waals surface area contributed by atoms with Gasteiger partial charge in [0.05, 0.1) is 12.1 Å². The van der Waals surface area contributed by atoms with Crippen LogP contribution in [-0.2, 0) is 20.8 Å². The second kappa shape index (κ2) is 12.6. The largest absolute Gasteiger partial charge is 0.344 e. The van der Waals surface area contributed by atoms with Gasteiger partial charge in [0, 0.05) is 5.02 Å². The molecule has 3 N–H and O–H groups in total. The van der Waals surface area contributed by atoms with Crippen molar-refractivity contribution in [3.05, 3.63) is 34.9 Å². The van der Waals surface area contributed by atoms with Crippen molar-refractivity contribution in [3.63, 3.8) is 0 Å². The average Bonchev–Trinajstić information content (AvgIpc) is 2.65. The van der Waals surface area contributed by atoms with Crippen LogP contribution < -0.4 is 16.0 Å². The fourth-order valence-corrected chi connectivity index (χ4v) is 3.22. The highest BCUT2D eigenvalue weighted by atomic mass is 35.5. The zero-order chi connectivity index (χ0) is 22.0. The molecule has 3 atom stereocenters. The number of hydrogen-bond donors (Lipinski definition) is 3. The van der Waals surface area contributed by atoms with Gasteiger partial charge in [0.15, 0.2) is 0 Å². The molecule has 7 heteroatoms. The maximum atomic E-state index is 12.8. The van der Waals surface area contributed by atoms with Gasteiger partial charge in [-0.15, -0.1) is 0 Å². The Bertz CT molecular complexity index is 662. The molecule has 0 bridgehead atoms. The molecule has 0 spiro atoms. The van der Waals surface area contributed by atoms with Crippen LogP contribution in [0.1, 0.15) is 46.1 Å². The molecule has 0 aliphatic carbocycles. The van der Waals surface area contributed by atoms with Crippen LogP contribution in [0.5, 0.6) is 0 Å². The molecule has 29 heavy (non-hydrogen) atoms. The quantitative estimate of drug-likeness (QED) is 0.451. The summed E-state index contributed by atoms with van der Waals surface area (Å²) in [5.74, 6) is -0.00982. The summed E-state index contributed by atoms with van der Waals surface area (Å²) in [6, 6.07) is 5.39. The highest BCUT2D eigenvalue weighted by molar-refractivity contribution is 6.30. The van der Waals surface area contributed by atoms with Crippen molar-refractivity contribution in [1.29, 1.82) is 0 Å². The minimum absolute atomic E-state index is 0.204. The lowest BCUT2D eigenvalue weighted by Crippen LogP contribution is -2.54. The zero-order valence-corrected chi connectivity index (χ0v) is 18.8. The predicted molar refractivity (Wildman–Crippen MR) is 117 cm³/mol. The Morgan fingerprint density at radius 2 is 1.45 bits per heavy atom. The molecule has 0 aliphatic heterocycles. The molecule has 1 aromatic carbocycles. The van der Waals surface area contributed by atoms with E-state index in [0.29, 0.717) is 30.2 Å². The number of amides is 2. The number of carbonyl (C=O) groups is 3. The third kappa shape index (κ3) is 9.41. The molecule has 162 valence electrons. The molecule has 0 aromatic heterocycles. The number of rotatable bonds is 12. The van der Waals surface area contributed by atoms with E-state index < -0.39 is 12.1 Å². The lowest BCUT2D eigenvalue weighted by molar-refractivity contribution is -0.131. The molecule has 6 nitrogen and oxygen atoms in total. The van der Waals surface area contributed by atoms with E-state index >= 15 is 0 Å². The first-order valence-electron chi connectivity index (χ1n) is 10.1. The topological polar surface area (TPSA) is 87.3 Å². The van der Waals surface area contributed by atoms with E-state index in [4.69, 9.17) is 11.6 Å². The lowest BCUT2D eigenvalue weighted by Gasteiger charge is -2.25. The monoisotopic (exact) mass is 423 g/mol. The maximum absolute atomic E-state index is 12.8. The van der Waals surface area contributed by atoms with Gasteiger partial charge < -0.3 is 20.7 Å². The van der Waals surface area contributed by atoms with Gasteiger partial charge in [-0.05, 0) is 55.8 Å². The van der Waals surface area contributed by atoms with Gasteiger partial charge in [-0.3, -0.25) is 9.59 Å². The molecule has 1 rings (SSSR count). The summed E-state index contributed by atoms with van der Waals surface area (Å²) < 4.78 is 0. The van der Waals surface area contributed by atoms with E-state index in [1.165, 1.54) is 0 Å². The molecular weight excluding hydrogens is 390 g/mol. The van der Waals surface area contributed by atoms with E-state index in [1.807, 2.05) is 39.8 Å². The summed E-state index contributed by atoms with van der Waals surface area (Å²) in [5.41, 5.74) is 0.892. The van der Waals surface area contributed by atoms with Crippen LogP contribution >= 0.6 is 11.6 Å². The number of halogens is 1. The second-order valence-electron chi connectivity index (χ2n) is 8.24. The van der Waals surface area contributed by atoms with Crippen LogP contribution in [-0.4, -0.2) is 43.3 Å². The second-order valence-corrected chi connectivity index (χ2v) is 8.68. The predicted octanol–water partition coefficient (Wildman–Crippen LogP) is 2.73. The number of carbonyl (C=O) groups excluding carboxylic acids is 3. The number of hydrogen-bond acceptors (Lipinski definition) is 4. The molecule has 0 saturated heterocycles. The minimum Gasteiger partial charge on any atom is -0.344 e. The smallest absolute Gasteiger partial charge is 0.243 e. The summed E-state index contributed by atoms with van der Waals surface area (Å²) in [4.78, 5) is 37.0. The van der Waals surface area contributed by atoms with Crippen molar-refractivity contribution in [3.8, 4) is 0 Å². The highest BCUT2D eigenvalue weighted by Crippen LogP contribution is 2.12. The van der Waals surface area contributed by atoms with Crippen molar-refractivity contribution in [2.24, 2.45) is 11.8 Å². The van der Waals surface area contributed by atoms with E-state index in [2.05, 4.69) is 16.0 Å². The first kappa shape index (κ1) is 25.1. The third-order valence-corrected chi connectivity index (χ3v) is 4.82. The molecule has 0 radical (unpaired) electrons. The van der Waals surface area contributed by atoms with Gasteiger partial charge in [-0.1, -0.05) is 51.4 Å². The van der Waals surface area contributed by atoms with Crippen LogP contribution in [0.2, 0.25) is 5.02 Å². The standard InChI is InChI=1S/C22H34ClN3O3/c1-14(2)10-19(24-5)21(28)26-20(11-15(3)4)22(29)25-18(13-27)12-16-6-8-17(23)9-7-16/h6-9,13-15,18-20,24H,10-12H2,1-5H3,(H,25,29)(H,26,28)/t18?,19-,20-/m0/s1. The van der Waals surface area contributed by atoms with Crippen molar-refractivity contribution in [1.82, 2.24) is 16.0 Å². The van der Waals surface area contributed by atoms with Crippen molar-refractivity contribution in [2.45, 2.75) is 65.1 Å². The molecule has 0 heterocycles. The van der Waals surface area contributed by atoms with Crippen molar-refractivity contribution < 1.29 is 14.4 Å². The maximum Gasteiger partial charge on any atom is 0.243 e. The van der Waals surface area contributed by atoms with Crippen LogP contribution in [0, 0.1) is 11.8 Å². The number of aldehydes is 1. The van der Waals surface area contributed by atoms with Crippen LogP contribution in [0.25, 0.3) is 0 Å². The van der Waals surface area contributed by atoms with E-state index in [9.17, 15) is 14.4 Å². The Kier molecular flexibility index (Phi) is 10.9. The van der Waals surface area contributed by atoms with Crippen LogP contribution in [0.4, 0.5) is 0 Å². The van der Waals surface area contributed by atoms with Crippen molar-refractivity contribution >= 4 is 29.7 Å². The average molecular weight is 424 g/mol. The summed E-state index contributed by atoms with van der Waals surface area (Å²) in [6.45, 7) is 8.06. The zero-order valence-electron chi connectivity index (χ0n) is 18.0. The van der Waals surface area contributed by atoms with Gasteiger partial charge in [0.25, 0.3) is 0 Å². The Labute approximate surface area is 179 Å². The van der Waals surface area contributed by atoms with E-state index in [1.54, 1.807) is 19.2 Å². The van der Waals surface area contributed by atoms with Gasteiger partial charge in [0.1, 0.15) is 12.3 Å². The van der Waals surface area contributed by atoms with E-state index in [-0.39, 0.29) is 23.8 Å². The molecule has 0 fully saturated rings. The third-order valence-electron chi connectivity index (χ3n) is 4.57. The molecule has 2 amide bonds. The Hall–Kier alpha value is -1.92. The fraction of sp³-hybridized carbons (Fsp3) is 0.591. The van der Waals surface area contributed by atoms with Gasteiger partial charge in [-0.25, -0.2) is 0 Å². The summed E-state index contributed by atoms with van der Waals surface area (Å²) >= 11 is 5.89. The fourth-order valence-electron chi connectivity index (χ4n) is 3.09. The molecular formula is C22H34ClN3O3. The SMILES string of the molecule is CN[C@@H](CC(C)C)C(=O)N[C@@H](CC(C)C)C(=O)NC(C=O)Cc1ccc(Cl)cc1. The number of benzene rings is 1. The van der Waals surface area contributed by atoms with Crippen LogP contribution in [0.3, 0.4) is 0 Å². The molecule has 1 aromatic rings. The van der Waals surface area contributed by atoms with Gasteiger partial charge >= 0.3 is 0 Å². The summed E-state index contributed by atoms with van der Waals surface area (Å²) in [7, 11) is 1.73. The first-order valence-corrected chi connectivity index (χ1v) is 10.5. The lowest BCUT2D eigenvalue weighted by atomic mass is 9.99. The molecule has 0 saturated carbocycles. The first-order chi connectivity index (χ1) is 13.7. The summed E-state index contributed by atoms with van der Waals surface area (Å²) in [6.07, 6.45) is 2.24.